The highest BCUT2D eigenvalue weighted by atomic mass is 19.4. The summed E-state index contributed by atoms with van der Waals surface area (Å²) in [5.74, 6) is -1.29. The Labute approximate surface area is 168 Å². The third kappa shape index (κ3) is 3.91. The average molecular weight is 418 g/mol. The van der Waals surface area contributed by atoms with Crippen molar-refractivity contribution >= 4 is 34.2 Å². The molecule has 1 aliphatic rings. The number of fused-ring (bicyclic) bond motifs is 2. The molecule has 0 atom stereocenters. The third-order valence-corrected chi connectivity index (χ3v) is 4.72. The number of alkyl halides is 3. The Morgan fingerprint density at radius 2 is 2.13 bits per heavy atom. The Morgan fingerprint density at radius 1 is 1.33 bits per heavy atom. The molecule has 3 heterocycles. The number of aryl methyl sites for hydroxylation is 1. The predicted molar refractivity (Wildman–Crippen MR) is 102 cm³/mol. The summed E-state index contributed by atoms with van der Waals surface area (Å²) in [4.78, 5) is 30.1. The molecule has 8 nitrogen and oxygen atoms in total. The first-order chi connectivity index (χ1) is 14.2. The Morgan fingerprint density at radius 3 is 2.90 bits per heavy atom. The van der Waals surface area contributed by atoms with Crippen molar-refractivity contribution < 1.29 is 22.8 Å². The molecule has 0 aliphatic carbocycles. The lowest BCUT2D eigenvalue weighted by atomic mass is 10.1. The van der Waals surface area contributed by atoms with Crippen molar-refractivity contribution in [1.29, 1.82) is 0 Å². The minimum absolute atomic E-state index is 0.140. The summed E-state index contributed by atoms with van der Waals surface area (Å²) < 4.78 is 36.8. The lowest BCUT2D eigenvalue weighted by Gasteiger charge is -2.16. The summed E-state index contributed by atoms with van der Waals surface area (Å²) in [6, 6.07) is 7.07. The molecule has 0 radical (unpaired) electrons. The van der Waals surface area contributed by atoms with E-state index in [1.54, 1.807) is 29.7 Å². The number of hydrogen-bond acceptors (Lipinski definition) is 5. The Hall–Kier alpha value is -3.63. The van der Waals surface area contributed by atoms with Crippen LogP contribution in [0.5, 0.6) is 0 Å². The molecule has 0 saturated heterocycles. The van der Waals surface area contributed by atoms with Gasteiger partial charge in [0.25, 0.3) is 5.91 Å². The fourth-order valence-corrected chi connectivity index (χ4v) is 3.33. The van der Waals surface area contributed by atoms with E-state index in [0.29, 0.717) is 28.1 Å². The molecule has 1 aromatic carbocycles. The van der Waals surface area contributed by atoms with Crippen molar-refractivity contribution in [3.8, 4) is 0 Å². The zero-order valence-electron chi connectivity index (χ0n) is 15.8. The van der Waals surface area contributed by atoms with E-state index in [0.717, 1.165) is 11.1 Å². The van der Waals surface area contributed by atoms with Crippen LogP contribution in [0.15, 0.2) is 30.5 Å². The predicted octanol–water partition coefficient (Wildman–Crippen LogP) is 2.64. The minimum atomic E-state index is -4.51. The monoisotopic (exact) mass is 418 g/mol. The molecule has 0 bridgehead atoms. The SMILES string of the molecule is Cc1n[nH]c2ncc(Nc3cccc4c3C(=O)N(CC(=O)NCC(F)(F)F)C4)cc12. The van der Waals surface area contributed by atoms with Crippen molar-refractivity contribution in [3.63, 3.8) is 0 Å². The van der Waals surface area contributed by atoms with Gasteiger partial charge in [0.05, 0.1) is 28.8 Å². The highest BCUT2D eigenvalue weighted by molar-refractivity contribution is 6.05. The van der Waals surface area contributed by atoms with E-state index in [-0.39, 0.29) is 6.54 Å². The normalized spacial score (nSPS) is 13.6. The van der Waals surface area contributed by atoms with Gasteiger partial charge in [0.1, 0.15) is 13.1 Å². The molecule has 0 unspecified atom stereocenters. The molecule has 4 rings (SSSR count). The molecule has 3 aromatic rings. The van der Waals surface area contributed by atoms with Gasteiger partial charge in [0, 0.05) is 11.9 Å². The quantitative estimate of drug-likeness (QED) is 0.591. The number of pyridine rings is 1. The Kier molecular flexibility index (Phi) is 4.80. The highest BCUT2D eigenvalue weighted by Gasteiger charge is 2.32. The molecule has 2 amide bonds. The summed E-state index contributed by atoms with van der Waals surface area (Å²) in [6.07, 6.45) is -2.91. The van der Waals surface area contributed by atoms with Gasteiger partial charge in [-0.2, -0.15) is 18.3 Å². The largest absolute Gasteiger partial charge is 0.405 e. The van der Waals surface area contributed by atoms with Crippen LogP contribution < -0.4 is 10.6 Å². The van der Waals surface area contributed by atoms with Crippen LogP contribution in [0.25, 0.3) is 11.0 Å². The van der Waals surface area contributed by atoms with Crippen LogP contribution in [0.2, 0.25) is 0 Å². The van der Waals surface area contributed by atoms with Crippen molar-refractivity contribution in [2.24, 2.45) is 0 Å². The van der Waals surface area contributed by atoms with E-state index in [1.807, 2.05) is 13.0 Å². The number of nitrogens with one attached hydrogen (secondary N) is 3. The van der Waals surface area contributed by atoms with Gasteiger partial charge in [-0.1, -0.05) is 12.1 Å². The lowest BCUT2D eigenvalue weighted by molar-refractivity contribution is -0.138. The summed E-state index contributed by atoms with van der Waals surface area (Å²) in [6.45, 7) is 0.0955. The number of aromatic nitrogens is 3. The first-order valence-corrected chi connectivity index (χ1v) is 9.03. The number of amides is 2. The van der Waals surface area contributed by atoms with E-state index < -0.39 is 31.1 Å². The Bertz CT molecular complexity index is 1140. The maximum Gasteiger partial charge on any atom is 0.405 e. The fraction of sp³-hybridized carbons (Fsp3) is 0.263. The number of H-pyrrole nitrogens is 1. The number of carbonyl (C=O) groups excluding carboxylic acids is 2. The molecule has 2 aromatic heterocycles. The number of benzene rings is 1. The van der Waals surface area contributed by atoms with Gasteiger partial charge in [-0.15, -0.1) is 0 Å². The number of aromatic amines is 1. The van der Waals surface area contributed by atoms with Crippen molar-refractivity contribution in [3.05, 3.63) is 47.3 Å². The number of nitrogens with zero attached hydrogens (tertiary/aromatic N) is 3. The highest BCUT2D eigenvalue weighted by Crippen LogP contribution is 2.31. The van der Waals surface area contributed by atoms with Gasteiger partial charge in [-0.25, -0.2) is 4.98 Å². The molecular weight excluding hydrogens is 401 g/mol. The molecular formula is C19H17F3N6O2. The second kappa shape index (κ2) is 7.32. The summed E-state index contributed by atoms with van der Waals surface area (Å²) in [5.41, 5.74) is 3.66. The first kappa shape index (κ1) is 19.7. The van der Waals surface area contributed by atoms with Gasteiger partial charge in [0.15, 0.2) is 5.65 Å². The van der Waals surface area contributed by atoms with Crippen LogP contribution in [0.4, 0.5) is 24.5 Å². The van der Waals surface area contributed by atoms with Crippen molar-refractivity contribution in [2.75, 3.05) is 18.4 Å². The number of hydrogen-bond donors (Lipinski definition) is 3. The Balaban J connectivity index is 1.52. The third-order valence-electron chi connectivity index (χ3n) is 4.72. The lowest BCUT2D eigenvalue weighted by Crippen LogP contribution is -2.41. The van der Waals surface area contributed by atoms with Gasteiger partial charge >= 0.3 is 6.18 Å². The number of anilines is 2. The smallest absolute Gasteiger partial charge is 0.354 e. The standard InChI is InChI=1S/C19H17F3N6O2/c1-10-13-5-12(6-23-17(13)27-26-10)25-14-4-2-3-11-7-28(18(30)16(11)14)8-15(29)24-9-19(20,21)22/h2-6,25H,7-9H2,1H3,(H,24,29)(H,23,26,27). The zero-order valence-corrected chi connectivity index (χ0v) is 15.8. The summed E-state index contributed by atoms with van der Waals surface area (Å²) in [5, 5.41) is 12.7. The summed E-state index contributed by atoms with van der Waals surface area (Å²) >= 11 is 0. The maximum atomic E-state index is 12.8. The van der Waals surface area contributed by atoms with E-state index >= 15 is 0 Å². The minimum Gasteiger partial charge on any atom is -0.354 e. The second-order valence-corrected chi connectivity index (χ2v) is 6.95. The van der Waals surface area contributed by atoms with Gasteiger partial charge in [-0.05, 0) is 24.6 Å². The van der Waals surface area contributed by atoms with Crippen molar-refractivity contribution in [2.45, 2.75) is 19.6 Å². The molecule has 0 fully saturated rings. The number of halogens is 3. The fourth-order valence-electron chi connectivity index (χ4n) is 3.33. The van der Waals surface area contributed by atoms with Crippen LogP contribution in [0.1, 0.15) is 21.6 Å². The average Bonchev–Trinajstić information content (AvgIpc) is 3.21. The van der Waals surface area contributed by atoms with Crippen LogP contribution >= 0.6 is 0 Å². The molecule has 3 N–H and O–H groups in total. The number of carbonyl (C=O) groups is 2. The van der Waals surface area contributed by atoms with Crippen LogP contribution in [0, 0.1) is 6.92 Å². The maximum absolute atomic E-state index is 12.8. The van der Waals surface area contributed by atoms with Crippen LogP contribution in [0.3, 0.4) is 0 Å². The van der Waals surface area contributed by atoms with E-state index in [4.69, 9.17) is 0 Å². The molecule has 156 valence electrons. The van der Waals surface area contributed by atoms with Crippen LogP contribution in [-0.4, -0.2) is 51.2 Å². The van der Waals surface area contributed by atoms with Gasteiger partial charge < -0.3 is 15.5 Å². The van der Waals surface area contributed by atoms with Crippen molar-refractivity contribution in [1.82, 2.24) is 25.4 Å². The number of rotatable bonds is 5. The van der Waals surface area contributed by atoms with Gasteiger partial charge in [0.2, 0.25) is 5.91 Å². The van der Waals surface area contributed by atoms with E-state index in [1.165, 1.54) is 4.90 Å². The molecule has 30 heavy (non-hydrogen) atoms. The molecule has 0 saturated carbocycles. The zero-order chi connectivity index (χ0) is 21.5. The second-order valence-electron chi connectivity index (χ2n) is 6.95. The van der Waals surface area contributed by atoms with Gasteiger partial charge in [-0.3, -0.25) is 14.7 Å². The molecule has 0 spiro atoms. The summed E-state index contributed by atoms with van der Waals surface area (Å²) in [7, 11) is 0. The van der Waals surface area contributed by atoms with E-state index in [9.17, 15) is 22.8 Å². The van der Waals surface area contributed by atoms with Crippen LogP contribution in [-0.2, 0) is 11.3 Å². The molecule has 11 heteroatoms. The van der Waals surface area contributed by atoms with E-state index in [2.05, 4.69) is 20.5 Å². The molecule has 1 aliphatic heterocycles. The first-order valence-electron chi connectivity index (χ1n) is 9.03. The topological polar surface area (TPSA) is 103 Å².